The Morgan fingerprint density at radius 3 is 2.57 bits per heavy atom. The molecular formula is C25H26N2O3. The van der Waals surface area contributed by atoms with E-state index in [4.69, 9.17) is 4.42 Å². The first-order valence-corrected chi connectivity index (χ1v) is 10.5. The minimum Gasteiger partial charge on any atom is -0.461 e. The van der Waals surface area contributed by atoms with E-state index in [9.17, 15) is 9.59 Å². The first-order chi connectivity index (χ1) is 14.6. The maximum absolute atomic E-state index is 12.7. The van der Waals surface area contributed by atoms with E-state index in [-0.39, 0.29) is 11.8 Å². The highest BCUT2D eigenvalue weighted by Crippen LogP contribution is 2.30. The molecular weight excluding hydrogens is 376 g/mol. The first kappa shape index (κ1) is 20.0. The van der Waals surface area contributed by atoms with E-state index in [1.165, 1.54) is 0 Å². The van der Waals surface area contributed by atoms with Crippen molar-refractivity contribution < 1.29 is 14.0 Å². The van der Waals surface area contributed by atoms with Crippen LogP contribution in [0.15, 0.2) is 65.1 Å². The SMILES string of the molecule is CCCCC(=O)Nc1ccc(-c2cc3c(o2)CCN(C(=O)c2ccccc2)C3)cc1. The highest BCUT2D eigenvalue weighted by atomic mass is 16.3. The predicted molar refractivity (Wildman–Crippen MR) is 117 cm³/mol. The van der Waals surface area contributed by atoms with E-state index in [1.54, 1.807) is 0 Å². The second-order valence-electron chi connectivity index (χ2n) is 7.63. The maximum atomic E-state index is 12.7. The number of hydrogen-bond donors (Lipinski definition) is 1. The fourth-order valence-corrected chi connectivity index (χ4v) is 3.69. The number of anilines is 1. The number of benzene rings is 2. The highest BCUT2D eigenvalue weighted by Gasteiger charge is 2.25. The largest absolute Gasteiger partial charge is 0.461 e. The number of nitrogens with zero attached hydrogens (tertiary/aromatic N) is 1. The number of fused-ring (bicyclic) bond motifs is 1. The van der Waals surface area contributed by atoms with Crippen LogP contribution in [0.3, 0.4) is 0 Å². The molecule has 3 aromatic rings. The molecule has 2 amide bonds. The zero-order chi connectivity index (χ0) is 20.9. The van der Waals surface area contributed by atoms with Gasteiger partial charge in [0.2, 0.25) is 5.91 Å². The molecule has 5 nitrogen and oxygen atoms in total. The third kappa shape index (κ3) is 4.46. The van der Waals surface area contributed by atoms with Crippen LogP contribution in [0.1, 0.15) is 47.9 Å². The van der Waals surface area contributed by atoms with Crippen molar-refractivity contribution in [2.45, 2.75) is 39.2 Å². The van der Waals surface area contributed by atoms with Crippen molar-refractivity contribution in [3.8, 4) is 11.3 Å². The number of rotatable bonds is 6. The molecule has 1 N–H and O–H groups in total. The Bertz CT molecular complexity index is 1020. The van der Waals surface area contributed by atoms with E-state index < -0.39 is 0 Å². The molecule has 1 aliphatic heterocycles. The maximum Gasteiger partial charge on any atom is 0.254 e. The Hall–Kier alpha value is -3.34. The van der Waals surface area contributed by atoms with Gasteiger partial charge < -0.3 is 14.6 Å². The van der Waals surface area contributed by atoms with Crippen LogP contribution in [-0.2, 0) is 17.8 Å². The Balaban J connectivity index is 1.44. The minimum atomic E-state index is 0.0428. The number of nitrogens with one attached hydrogen (secondary N) is 1. The van der Waals surface area contributed by atoms with Gasteiger partial charge in [-0.05, 0) is 48.9 Å². The van der Waals surface area contributed by atoms with Gasteiger partial charge in [-0.3, -0.25) is 9.59 Å². The van der Waals surface area contributed by atoms with Crippen LogP contribution in [0.2, 0.25) is 0 Å². The number of carbonyl (C=O) groups is 2. The molecule has 1 aromatic heterocycles. The highest BCUT2D eigenvalue weighted by molar-refractivity contribution is 5.94. The molecule has 0 saturated carbocycles. The van der Waals surface area contributed by atoms with Crippen LogP contribution in [0, 0.1) is 0 Å². The van der Waals surface area contributed by atoms with E-state index in [0.29, 0.717) is 31.5 Å². The van der Waals surface area contributed by atoms with Crippen LogP contribution >= 0.6 is 0 Å². The molecule has 0 saturated heterocycles. The van der Waals surface area contributed by atoms with Gasteiger partial charge in [0.1, 0.15) is 11.5 Å². The van der Waals surface area contributed by atoms with Crippen LogP contribution in [0.5, 0.6) is 0 Å². The third-order valence-electron chi connectivity index (χ3n) is 5.39. The number of amides is 2. The van der Waals surface area contributed by atoms with Crippen molar-refractivity contribution in [2.75, 3.05) is 11.9 Å². The van der Waals surface area contributed by atoms with Crippen molar-refractivity contribution >= 4 is 17.5 Å². The average molecular weight is 402 g/mol. The van der Waals surface area contributed by atoms with Gasteiger partial charge in [-0.25, -0.2) is 0 Å². The van der Waals surface area contributed by atoms with Crippen LogP contribution < -0.4 is 5.32 Å². The van der Waals surface area contributed by atoms with Gasteiger partial charge in [0, 0.05) is 48.3 Å². The molecule has 5 heteroatoms. The van der Waals surface area contributed by atoms with Crippen molar-refractivity contribution in [3.05, 3.63) is 77.6 Å². The molecule has 0 bridgehead atoms. The smallest absolute Gasteiger partial charge is 0.254 e. The lowest BCUT2D eigenvalue weighted by atomic mass is 10.1. The van der Waals surface area contributed by atoms with Crippen molar-refractivity contribution in [1.29, 1.82) is 0 Å². The molecule has 0 atom stereocenters. The second kappa shape index (κ2) is 8.99. The van der Waals surface area contributed by atoms with Gasteiger partial charge in [0.15, 0.2) is 0 Å². The summed E-state index contributed by atoms with van der Waals surface area (Å²) in [6, 6.07) is 19.1. The van der Waals surface area contributed by atoms with Gasteiger partial charge in [-0.1, -0.05) is 31.5 Å². The summed E-state index contributed by atoms with van der Waals surface area (Å²) in [5.41, 5.74) is 3.51. The quantitative estimate of drug-likeness (QED) is 0.611. The summed E-state index contributed by atoms with van der Waals surface area (Å²) in [6.45, 7) is 3.27. The lowest BCUT2D eigenvalue weighted by molar-refractivity contribution is -0.116. The average Bonchev–Trinajstić information content (AvgIpc) is 3.21. The lowest BCUT2D eigenvalue weighted by Crippen LogP contribution is -2.35. The van der Waals surface area contributed by atoms with Gasteiger partial charge in [0.25, 0.3) is 5.91 Å². The lowest BCUT2D eigenvalue weighted by Gasteiger charge is -2.26. The Morgan fingerprint density at radius 1 is 1.07 bits per heavy atom. The Labute approximate surface area is 176 Å². The summed E-state index contributed by atoms with van der Waals surface area (Å²) in [6.07, 6.45) is 3.15. The van der Waals surface area contributed by atoms with Gasteiger partial charge in [0.05, 0.1) is 0 Å². The van der Waals surface area contributed by atoms with Gasteiger partial charge in [-0.2, -0.15) is 0 Å². The summed E-state index contributed by atoms with van der Waals surface area (Å²) < 4.78 is 6.07. The molecule has 154 valence electrons. The van der Waals surface area contributed by atoms with E-state index in [2.05, 4.69) is 12.2 Å². The number of unbranched alkanes of at least 4 members (excludes halogenated alkanes) is 1. The van der Waals surface area contributed by atoms with E-state index >= 15 is 0 Å². The van der Waals surface area contributed by atoms with E-state index in [1.807, 2.05) is 65.6 Å². The Morgan fingerprint density at radius 2 is 1.83 bits per heavy atom. The Kier molecular flexibility index (Phi) is 5.98. The van der Waals surface area contributed by atoms with Crippen LogP contribution in [0.4, 0.5) is 5.69 Å². The van der Waals surface area contributed by atoms with Gasteiger partial charge in [-0.15, -0.1) is 0 Å². The van der Waals surface area contributed by atoms with E-state index in [0.717, 1.165) is 41.2 Å². The molecule has 0 fully saturated rings. The topological polar surface area (TPSA) is 62.6 Å². The summed E-state index contributed by atoms with van der Waals surface area (Å²) in [7, 11) is 0. The van der Waals surface area contributed by atoms with Gasteiger partial charge >= 0.3 is 0 Å². The monoisotopic (exact) mass is 402 g/mol. The summed E-state index contributed by atoms with van der Waals surface area (Å²) in [5, 5.41) is 2.92. The summed E-state index contributed by atoms with van der Waals surface area (Å²) >= 11 is 0. The van der Waals surface area contributed by atoms with Crippen LogP contribution in [0.25, 0.3) is 11.3 Å². The predicted octanol–water partition coefficient (Wildman–Crippen LogP) is 5.27. The normalized spacial score (nSPS) is 13.0. The molecule has 0 aliphatic carbocycles. The molecule has 2 heterocycles. The number of carbonyl (C=O) groups excluding carboxylic acids is 2. The number of hydrogen-bond acceptors (Lipinski definition) is 3. The molecule has 0 spiro atoms. The second-order valence-corrected chi connectivity index (χ2v) is 7.63. The number of furan rings is 1. The molecule has 0 radical (unpaired) electrons. The third-order valence-corrected chi connectivity index (χ3v) is 5.39. The molecule has 30 heavy (non-hydrogen) atoms. The minimum absolute atomic E-state index is 0.0428. The molecule has 0 unspecified atom stereocenters. The fourth-order valence-electron chi connectivity index (χ4n) is 3.69. The zero-order valence-electron chi connectivity index (χ0n) is 17.2. The summed E-state index contributed by atoms with van der Waals surface area (Å²) in [4.78, 5) is 26.5. The van der Waals surface area contributed by atoms with Crippen molar-refractivity contribution in [3.63, 3.8) is 0 Å². The molecule has 4 rings (SSSR count). The van der Waals surface area contributed by atoms with Crippen LogP contribution in [-0.4, -0.2) is 23.3 Å². The standard InChI is InChI=1S/C25H26N2O3/c1-2-3-9-24(28)26-21-12-10-18(11-13-21)23-16-20-17-27(15-14-22(20)30-23)25(29)19-7-5-4-6-8-19/h4-8,10-13,16H,2-3,9,14-15,17H2,1H3,(H,26,28). The molecule has 2 aromatic carbocycles. The summed E-state index contributed by atoms with van der Waals surface area (Å²) in [5.74, 6) is 1.82. The zero-order valence-corrected chi connectivity index (χ0v) is 17.2. The molecule has 1 aliphatic rings. The van der Waals surface area contributed by atoms with Crippen molar-refractivity contribution in [1.82, 2.24) is 4.90 Å². The first-order valence-electron chi connectivity index (χ1n) is 10.5. The van der Waals surface area contributed by atoms with Crippen molar-refractivity contribution in [2.24, 2.45) is 0 Å². The fraction of sp³-hybridized carbons (Fsp3) is 0.280.